The first kappa shape index (κ1) is 35.3. The van der Waals surface area contributed by atoms with Gasteiger partial charge in [-0.15, -0.1) is 0 Å². The Morgan fingerprint density at radius 1 is 0.271 bits per heavy atom. The molecule has 0 saturated heterocycles. The van der Waals surface area contributed by atoms with Gasteiger partial charge in [0, 0.05) is 110 Å². The van der Waals surface area contributed by atoms with E-state index in [0.717, 1.165) is 38.5 Å². The van der Waals surface area contributed by atoms with Gasteiger partial charge in [-0.05, 0) is 74.9 Å². The molecule has 0 saturated carbocycles. The molecule has 0 spiro atoms. The predicted octanol–water partition coefficient (Wildman–Crippen LogP) is 5.19. The number of benzene rings is 3. The lowest BCUT2D eigenvalue weighted by molar-refractivity contribution is 0.402. The molecule has 6 bridgehead atoms. The summed E-state index contributed by atoms with van der Waals surface area (Å²) < 4.78 is 0. The van der Waals surface area contributed by atoms with E-state index in [1.807, 2.05) is 0 Å². The van der Waals surface area contributed by atoms with Crippen molar-refractivity contribution in [1.29, 1.82) is 0 Å². The van der Waals surface area contributed by atoms with Gasteiger partial charge in [0.15, 0.2) is 34.5 Å². The van der Waals surface area contributed by atoms with Gasteiger partial charge in [0.1, 0.15) is 0 Å². The molecule has 0 atom stereocenters. The summed E-state index contributed by atoms with van der Waals surface area (Å²) in [6.45, 7) is 3.04. The lowest BCUT2D eigenvalue weighted by atomic mass is 10.1. The zero-order valence-corrected chi connectivity index (χ0v) is 26.8. The SMILES string of the molecule is Oc1c2ccc(c1O)C=NCCCCN=Cc1ccc(c(O)c1O)C=NCCCCN=Cc1ccc(c(O)c1O)C=NCCCCN=C2. The Bertz CT molecular complexity index is 1390. The molecule has 0 amide bonds. The molecule has 0 aromatic heterocycles. The second-order valence-electron chi connectivity index (χ2n) is 11.2. The van der Waals surface area contributed by atoms with Crippen molar-refractivity contribution in [3.8, 4) is 34.5 Å². The Balaban J connectivity index is 1.42. The Hall–Kier alpha value is -5.52. The summed E-state index contributed by atoms with van der Waals surface area (Å²) in [5.74, 6) is -1.58. The van der Waals surface area contributed by atoms with Crippen molar-refractivity contribution >= 4 is 37.3 Å². The number of rotatable bonds is 0. The number of phenolic OH excluding ortho intramolecular Hbond substituents is 6. The molecule has 4 aliphatic heterocycles. The lowest BCUT2D eigenvalue weighted by Gasteiger charge is -2.06. The van der Waals surface area contributed by atoms with Crippen LogP contribution in [0, 0.1) is 0 Å². The zero-order valence-electron chi connectivity index (χ0n) is 26.8. The van der Waals surface area contributed by atoms with Crippen molar-refractivity contribution in [3.63, 3.8) is 0 Å². The zero-order chi connectivity index (χ0) is 34.1. The quantitative estimate of drug-likeness (QED) is 0.181. The van der Waals surface area contributed by atoms with Crippen LogP contribution in [-0.2, 0) is 0 Å². The molecule has 4 heterocycles. The van der Waals surface area contributed by atoms with E-state index in [2.05, 4.69) is 30.0 Å². The van der Waals surface area contributed by atoms with E-state index < -0.39 is 0 Å². The largest absolute Gasteiger partial charge is 0.504 e. The van der Waals surface area contributed by atoms with Crippen LogP contribution in [0.25, 0.3) is 0 Å². The molecule has 7 rings (SSSR count). The second-order valence-corrected chi connectivity index (χ2v) is 11.2. The number of aliphatic imine (C=N–C) groups is 6. The molecular weight excluding hydrogens is 612 g/mol. The number of fused-ring (bicyclic) bond motifs is 2. The predicted molar refractivity (Wildman–Crippen MR) is 192 cm³/mol. The molecule has 6 N–H and O–H groups in total. The molecule has 12 heteroatoms. The van der Waals surface area contributed by atoms with Gasteiger partial charge in [-0.2, -0.15) is 0 Å². The van der Waals surface area contributed by atoms with Crippen LogP contribution in [0.2, 0.25) is 0 Å². The lowest BCUT2D eigenvalue weighted by Crippen LogP contribution is -1.93. The van der Waals surface area contributed by atoms with Crippen molar-refractivity contribution in [2.45, 2.75) is 38.5 Å². The van der Waals surface area contributed by atoms with Gasteiger partial charge in [-0.3, -0.25) is 30.0 Å². The highest BCUT2D eigenvalue weighted by Gasteiger charge is 2.11. The van der Waals surface area contributed by atoms with Gasteiger partial charge < -0.3 is 30.6 Å². The number of hydrogen-bond donors (Lipinski definition) is 6. The van der Waals surface area contributed by atoms with Crippen LogP contribution in [0.5, 0.6) is 34.5 Å². The van der Waals surface area contributed by atoms with Crippen LogP contribution >= 0.6 is 0 Å². The summed E-state index contributed by atoms with van der Waals surface area (Å²) in [5, 5.41) is 62.5. The standard InChI is InChI=1S/C36H42N6O6/c43-31-25-7-8-27(33(31)45)21-39-15-3-4-17-41-23-29-11-12-30(36(48)35(29)47)24-42-18-6-5-16-40-22-28-10-9-26(32(44)34(28)46)20-38-14-2-1-13-37-19-25/h7-12,19-24,43-48H,1-6,13-18H2. The summed E-state index contributed by atoms with van der Waals surface area (Å²) in [4.78, 5) is 26.0. The fourth-order valence-corrected chi connectivity index (χ4v) is 4.65. The average Bonchev–Trinajstić information content (AvgIpc) is 3.08. The van der Waals surface area contributed by atoms with E-state index >= 15 is 0 Å². The topological polar surface area (TPSA) is 196 Å². The van der Waals surface area contributed by atoms with Crippen LogP contribution in [0.4, 0.5) is 0 Å². The monoisotopic (exact) mass is 654 g/mol. The van der Waals surface area contributed by atoms with Gasteiger partial charge in [0.2, 0.25) is 0 Å². The molecule has 12 nitrogen and oxygen atoms in total. The summed E-state index contributed by atoms with van der Waals surface area (Å²) >= 11 is 0. The first-order valence-electron chi connectivity index (χ1n) is 16.0. The second kappa shape index (κ2) is 18.6. The highest BCUT2D eigenvalue weighted by molar-refractivity contribution is 5.93. The Kier molecular flexibility index (Phi) is 13.7. The third kappa shape index (κ3) is 10.2. The smallest absolute Gasteiger partial charge is 0.167 e. The third-order valence-electron chi connectivity index (χ3n) is 7.50. The molecule has 0 fully saturated rings. The summed E-state index contributed by atoms with van der Waals surface area (Å²) in [5.41, 5.74) is 2.39. The Labute approximate surface area is 279 Å². The van der Waals surface area contributed by atoms with Crippen molar-refractivity contribution in [1.82, 2.24) is 0 Å². The van der Waals surface area contributed by atoms with Gasteiger partial charge in [-0.1, -0.05) is 0 Å². The van der Waals surface area contributed by atoms with E-state index in [1.54, 1.807) is 36.4 Å². The van der Waals surface area contributed by atoms with Gasteiger partial charge >= 0.3 is 0 Å². The number of nitrogens with zero attached hydrogens (tertiary/aromatic N) is 6. The van der Waals surface area contributed by atoms with Crippen LogP contribution < -0.4 is 0 Å². The molecule has 0 radical (unpaired) electrons. The minimum absolute atomic E-state index is 0.264. The number of phenols is 6. The summed E-state index contributed by atoms with van der Waals surface area (Å²) in [6, 6.07) is 10.00. The van der Waals surface area contributed by atoms with E-state index in [9.17, 15) is 30.6 Å². The molecule has 48 heavy (non-hydrogen) atoms. The van der Waals surface area contributed by atoms with Crippen molar-refractivity contribution < 1.29 is 30.6 Å². The maximum atomic E-state index is 10.4. The fourth-order valence-electron chi connectivity index (χ4n) is 4.65. The first-order valence-corrected chi connectivity index (χ1v) is 16.0. The number of aromatic hydroxyl groups is 6. The van der Waals surface area contributed by atoms with Crippen molar-refractivity contribution in [2.24, 2.45) is 30.0 Å². The van der Waals surface area contributed by atoms with E-state index in [0.29, 0.717) is 72.6 Å². The molecule has 252 valence electrons. The molecule has 0 unspecified atom stereocenters. The third-order valence-corrected chi connectivity index (χ3v) is 7.50. The maximum absolute atomic E-state index is 10.4. The Morgan fingerprint density at radius 2 is 0.417 bits per heavy atom. The van der Waals surface area contributed by atoms with Crippen molar-refractivity contribution in [2.75, 3.05) is 39.3 Å². The number of hydrogen-bond acceptors (Lipinski definition) is 12. The fraction of sp³-hybridized carbons (Fsp3) is 0.333. The summed E-state index contributed by atoms with van der Waals surface area (Å²) in [7, 11) is 0. The minimum atomic E-state index is -0.264. The average molecular weight is 655 g/mol. The van der Waals surface area contributed by atoms with E-state index in [4.69, 9.17) is 0 Å². The molecular formula is C36H42N6O6. The van der Waals surface area contributed by atoms with Gasteiger partial charge in [-0.25, -0.2) is 0 Å². The molecule has 3 aromatic carbocycles. The highest BCUT2D eigenvalue weighted by Crippen LogP contribution is 2.32. The minimum Gasteiger partial charge on any atom is -0.504 e. The van der Waals surface area contributed by atoms with Gasteiger partial charge in [0.25, 0.3) is 0 Å². The normalized spacial score (nSPS) is 15.8. The molecule has 0 aliphatic carbocycles. The van der Waals surface area contributed by atoms with Crippen LogP contribution in [-0.4, -0.2) is 107 Å². The van der Waals surface area contributed by atoms with E-state index in [-0.39, 0.29) is 34.5 Å². The van der Waals surface area contributed by atoms with Crippen molar-refractivity contribution in [3.05, 3.63) is 69.8 Å². The van der Waals surface area contributed by atoms with Crippen LogP contribution in [0.3, 0.4) is 0 Å². The highest BCUT2D eigenvalue weighted by atomic mass is 16.3. The molecule has 3 aromatic rings. The van der Waals surface area contributed by atoms with E-state index in [1.165, 1.54) is 37.3 Å². The first-order chi connectivity index (χ1) is 23.4. The molecule has 4 aliphatic rings. The Morgan fingerprint density at radius 3 is 0.562 bits per heavy atom. The van der Waals surface area contributed by atoms with Crippen LogP contribution in [0.1, 0.15) is 71.9 Å². The van der Waals surface area contributed by atoms with Gasteiger partial charge in [0.05, 0.1) is 0 Å². The maximum Gasteiger partial charge on any atom is 0.167 e. The van der Waals surface area contributed by atoms with Crippen LogP contribution in [0.15, 0.2) is 66.4 Å². The summed E-state index contributed by atoms with van der Waals surface area (Å²) in [6.07, 6.45) is 13.6.